The van der Waals surface area contributed by atoms with Gasteiger partial charge >= 0.3 is 0 Å². The van der Waals surface area contributed by atoms with Crippen LogP contribution in [0, 0.1) is 0 Å². The molecule has 0 saturated heterocycles. The molecule has 0 aliphatic rings. The molecule has 0 saturated carbocycles. The molecule has 96 valence electrons. The van der Waals surface area contributed by atoms with Crippen molar-refractivity contribution in [3.8, 4) is 0 Å². The van der Waals surface area contributed by atoms with Crippen LogP contribution in [-0.4, -0.2) is 19.8 Å². The molecule has 0 bridgehead atoms. The maximum absolute atomic E-state index is 11.8. The van der Waals surface area contributed by atoms with Crippen LogP contribution < -0.4 is 4.72 Å². The zero-order valence-electron chi connectivity index (χ0n) is 10.3. The lowest BCUT2D eigenvalue weighted by atomic mass is 10.1. The maximum Gasteiger partial charge on any atom is 0.240 e. The van der Waals surface area contributed by atoms with Gasteiger partial charge in [0.15, 0.2) is 0 Å². The number of halogens is 1. The molecule has 0 heterocycles. The zero-order chi connectivity index (χ0) is 13.1. The molecular formula is C12H18ClNO2S. The van der Waals surface area contributed by atoms with Crippen molar-refractivity contribution in [3.05, 3.63) is 29.8 Å². The first-order valence-corrected chi connectivity index (χ1v) is 7.48. The van der Waals surface area contributed by atoms with Gasteiger partial charge in [0.1, 0.15) is 0 Å². The predicted octanol–water partition coefficient (Wildman–Crippen LogP) is 2.54. The smallest absolute Gasteiger partial charge is 0.209 e. The average Bonchev–Trinajstić information content (AvgIpc) is 2.15. The van der Waals surface area contributed by atoms with Crippen LogP contribution in [0.4, 0.5) is 0 Å². The summed E-state index contributed by atoms with van der Waals surface area (Å²) in [6, 6.07) is 6.71. The lowest BCUT2D eigenvalue weighted by Crippen LogP contribution is -2.30. The largest absolute Gasteiger partial charge is 0.240 e. The molecule has 17 heavy (non-hydrogen) atoms. The number of rotatable bonds is 5. The summed E-state index contributed by atoms with van der Waals surface area (Å²) in [6.07, 6.45) is 0.736. The van der Waals surface area contributed by atoms with Crippen molar-refractivity contribution >= 4 is 21.6 Å². The van der Waals surface area contributed by atoms with Crippen LogP contribution in [0.1, 0.15) is 26.3 Å². The number of alkyl halides is 1. The summed E-state index contributed by atoms with van der Waals surface area (Å²) in [6.45, 7) is 5.49. The Labute approximate surface area is 108 Å². The Balaban J connectivity index is 2.87. The molecule has 3 nitrogen and oxygen atoms in total. The Hall–Kier alpha value is -0.580. The van der Waals surface area contributed by atoms with E-state index in [1.54, 1.807) is 38.1 Å². The minimum atomic E-state index is -3.39. The molecule has 1 unspecified atom stereocenters. The van der Waals surface area contributed by atoms with Gasteiger partial charge in [-0.15, -0.1) is 11.6 Å². The zero-order valence-corrected chi connectivity index (χ0v) is 11.8. The van der Waals surface area contributed by atoms with Gasteiger partial charge in [0.25, 0.3) is 0 Å². The van der Waals surface area contributed by atoms with Gasteiger partial charge in [-0.05, 0) is 44.9 Å². The number of sulfonamides is 1. The molecule has 0 fully saturated rings. The minimum Gasteiger partial charge on any atom is -0.209 e. The fourth-order valence-corrected chi connectivity index (χ4v) is 2.94. The monoisotopic (exact) mass is 275 g/mol. The van der Waals surface area contributed by atoms with Crippen molar-refractivity contribution in [3.63, 3.8) is 0 Å². The van der Waals surface area contributed by atoms with E-state index >= 15 is 0 Å². The second-order valence-corrected chi connectivity index (χ2v) is 6.86. The minimum absolute atomic E-state index is 0.0475. The summed E-state index contributed by atoms with van der Waals surface area (Å²) in [5.74, 6) is 0. The highest BCUT2D eigenvalue weighted by molar-refractivity contribution is 7.89. The van der Waals surface area contributed by atoms with E-state index in [1.165, 1.54) is 0 Å². The first kappa shape index (κ1) is 14.5. The van der Waals surface area contributed by atoms with Gasteiger partial charge in [-0.2, -0.15) is 0 Å². The topological polar surface area (TPSA) is 46.2 Å². The first-order chi connectivity index (χ1) is 7.81. The van der Waals surface area contributed by atoms with Crippen molar-refractivity contribution in [1.29, 1.82) is 0 Å². The lowest BCUT2D eigenvalue weighted by molar-refractivity contribution is 0.570. The summed E-state index contributed by atoms with van der Waals surface area (Å²) in [4.78, 5) is 0.289. The molecule has 0 amide bonds. The summed E-state index contributed by atoms with van der Waals surface area (Å²) in [5, 5.41) is 0.0475. The van der Waals surface area contributed by atoms with Gasteiger partial charge in [0.05, 0.1) is 4.90 Å². The highest BCUT2D eigenvalue weighted by Crippen LogP contribution is 2.13. The van der Waals surface area contributed by atoms with Crippen LogP contribution in [0.5, 0.6) is 0 Å². The summed E-state index contributed by atoms with van der Waals surface area (Å²) < 4.78 is 26.2. The van der Waals surface area contributed by atoms with E-state index in [0.29, 0.717) is 0 Å². The van der Waals surface area contributed by atoms with Crippen molar-refractivity contribution < 1.29 is 8.42 Å². The molecule has 5 heteroatoms. The number of benzene rings is 1. The number of hydrogen-bond donors (Lipinski definition) is 1. The van der Waals surface area contributed by atoms with E-state index < -0.39 is 10.0 Å². The van der Waals surface area contributed by atoms with Gasteiger partial charge in [-0.3, -0.25) is 0 Å². The van der Waals surface area contributed by atoms with Crippen LogP contribution in [0.2, 0.25) is 0 Å². The van der Waals surface area contributed by atoms with E-state index in [2.05, 4.69) is 4.72 Å². The molecule has 0 radical (unpaired) electrons. The van der Waals surface area contributed by atoms with E-state index in [-0.39, 0.29) is 16.3 Å². The highest BCUT2D eigenvalue weighted by atomic mass is 35.5. The second kappa shape index (κ2) is 5.85. The van der Waals surface area contributed by atoms with Crippen LogP contribution >= 0.6 is 11.6 Å². The van der Waals surface area contributed by atoms with Crippen LogP contribution in [0.3, 0.4) is 0 Å². The van der Waals surface area contributed by atoms with E-state index in [4.69, 9.17) is 11.6 Å². The number of nitrogens with one attached hydrogen (secondary N) is 1. The number of hydrogen-bond acceptors (Lipinski definition) is 2. The molecule has 0 aromatic heterocycles. The van der Waals surface area contributed by atoms with Gasteiger partial charge < -0.3 is 0 Å². The quantitative estimate of drug-likeness (QED) is 0.840. The van der Waals surface area contributed by atoms with Gasteiger partial charge in [0, 0.05) is 11.4 Å². The summed E-state index contributed by atoms with van der Waals surface area (Å²) in [7, 11) is -3.39. The molecule has 0 spiro atoms. The molecule has 0 aliphatic heterocycles. The molecule has 1 aromatic rings. The normalized spacial score (nSPS) is 13.9. The molecule has 0 aliphatic carbocycles. The summed E-state index contributed by atoms with van der Waals surface area (Å²) >= 11 is 5.88. The van der Waals surface area contributed by atoms with E-state index in [0.717, 1.165) is 12.0 Å². The van der Waals surface area contributed by atoms with Crippen molar-refractivity contribution in [1.82, 2.24) is 4.72 Å². The fraction of sp³-hybridized carbons (Fsp3) is 0.500. The molecular weight excluding hydrogens is 258 g/mol. The molecule has 1 aromatic carbocycles. The highest BCUT2D eigenvalue weighted by Gasteiger charge is 2.14. The van der Waals surface area contributed by atoms with Crippen LogP contribution in [0.15, 0.2) is 29.2 Å². The Morgan fingerprint density at radius 3 is 2.12 bits per heavy atom. The predicted molar refractivity (Wildman–Crippen MR) is 70.9 cm³/mol. The third kappa shape index (κ3) is 4.66. The van der Waals surface area contributed by atoms with Crippen LogP contribution in [0.25, 0.3) is 0 Å². The average molecular weight is 276 g/mol. The van der Waals surface area contributed by atoms with Crippen molar-refractivity contribution in [2.75, 3.05) is 0 Å². The fourth-order valence-electron chi connectivity index (χ4n) is 1.51. The van der Waals surface area contributed by atoms with Crippen molar-refractivity contribution in [2.24, 2.45) is 0 Å². The first-order valence-electron chi connectivity index (χ1n) is 5.56. The lowest BCUT2D eigenvalue weighted by Gasteiger charge is -2.10. The van der Waals surface area contributed by atoms with Gasteiger partial charge in [-0.1, -0.05) is 12.1 Å². The van der Waals surface area contributed by atoms with Gasteiger partial charge in [0.2, 0.25) is 10.0 Å². The molecule has 1 N–H and O–H groups in total. The Bertz CT molecular complexity index is 452. The molecule has 1 atom stereocenters. The van der Waals surface area contributed by atoms with E-state index in [9.17, 15) is 8.42 Å². The Kier molecular flexibility index (Phi) is 4.98. The van der Waals surface area contributed by atoms with Crippen LogP contribution in [-0.2, 0) is 16.4 Å². The van der Waals surface area contributed by atoms with E-state index in [1.807, 2.05) is 6.92 Å². The third-order valence-electron chi connectivity index (χ3n) is 2.14. The standard InChI is InChI=1S/C12H18ClNO2S/c1-9(2)14-17(15,16)12-6-4-11(5-7-12)8-10(3)13/h4-7,9-10,14H,8H2,1-3H3. The Morgan fingerprint density at radius 1 is 1.18 bits per heavy atom. The van der Waals surface area contributed by atoms with Crippen molar-refractivity contribution in [2.45, 2.75) is 43.5 Å². The Morgan fingerprint density at radius 2 is 1.71 bits per heavy atom. The summed E-state index contributed by atoms with van der Waals surface area (Å²) in [5.41, 5.74) is 1.04. The SMILES string of the molecule is CC(Cl)Cc1ccc(S(=O)(=O)NC(C)C)cc1. The maximum atomic E-state index is 11.8. The van der Waals surface area contributed by atoms with Gasteiger partial charge in [-0.25, -0.2) is 13.1 Å². The molecule has 1 rings (SSSR count). The second-order valence-electron chi connectivity index (χ2n) is 4.40. The third-order valence-corrected chi connectivity index (χ3v) is 3.97.